The largest absolute Gasteiger partial charge is 0.465 e. The summed E-state index contributed by atoms with van der Waals surface area (Å²) in [6.07, 6.45) is 0. The lowest BCUT2D eigenvalue weighted by Crippen LogP contribution is -2.13. The highest BCUT2D eigenvalue weighted by Crippen LogP contribution is 2.25. The maximum atomic E-state index is 13.0. The number of hydrogen-bond acceptors (Lipinski definition) is 4. The number of esters is 1. The molecule has 0 aliphatic carbocycles. The number of halogens is 2. The van der Waals surface area contributed by atoms with Gasteiger partial charge in [0.2, 0.25) is 0 Å². The van der Waals surface area contributed by atoms with Crippen molar-refractivity contribution in [3.8, 4) is 0 Å². The molecule has 0 heterocycles. The molecule has 0 aliphatic heterocycles. The van der Waals surface area contributed by atoms with Gasteiger partial charge >= 0.3 is 5.97 Å². The molecule has 2 aromatic carbocycles. The minimum atomic E-state index is -3.91. The molecule has 0 aromatic heterocycles. The van der Waals surface area contributed by atoms with Gasteiger partial charge in [0.25, 0.3) is 10.0 Å². The average molecular weight is 344 g/mol. The van der Waals surface area contributed by atoms with E-state index in [9.17, 15) is 17.6 Å². The van der Waals surface area contributed by atoms with Crippen molar-refractivity contribution < 1.29 is 22.3 Å². The van der Waals surface area contributed by atoms with Crippen LogP contribution in [0.25, 0.3) is 0 Å². The fraction of sp³-hybridized carbons (Fsp3) is 0.0714. The summed E-state index contributed by atoms with van der Waals surface area (Å²) in [6.45, 7) is 0. The molecule has 0 aliphatic rings. The van der Waals surface area contributed by atoms with Crippen LogP contribution in [0.5, 0.6) is 0 Å². The van der Waals surface area contributed by atoms with Crippen molar-refractivity contribution in [2.24, 2.45) is 0 Å². The van der Waals surface area contributed by atoms with E-state index < -0.39 is 21.8 Å². The molecule has 0 amide bonds. The van der Waals surface area contributed by atoms with Gasteiger partial charge in [0.05, 0.1) is 28.3 Å². The van der Waals surface area contributed by atoms with Gasteiger partial charge in [-0.2, -0.15) is 0 Å². The van der Waals surface area contributed by atoms with Crippen molar-refractivity contribution in [1.29, 1.82) is 0 Å². The molecule has 0 saturated carbocycles. The third-order valence-electron chi connectivity index (χ3n) is 2.76. The average Bonchev–Trinajstić information content (AvgIpc) is 2.49. The molecule has 2 rings (SSSR count). The van der Waals surface area contributed by atoms with Crippen LogP contribution in [0.1, 0.15) is 10.4 Å². The predicted molar refractivity (Wildman–Crippen MR) is 80.0 cm³/mol. The van der Waals surface area contributed by atoms with Gasteiger partial charge in [-0.15, -0.1) is 0 Å². The standard InChI is InChI=1S/C14H11ClFNO4S/c1-21-14(18)9-2-5-11(6-3-9)22(19,20)17-13-7-4-10(16)8-12(13)15/h2-8,17H,1H3. The SMILES string of the molecule is COC(=O)c1ccc(S(=O)(=O)Nc2ccc(F)cc2Cl)cc1. The van der Waals surface area contributed by atoms with E-state index in [1.165, 1.54) is 37.4 Å². The van der Waals surface area contributed by atoms with Crippen LogP contribution in [0.15, 0.2) is 47.4 Å². The third kappa shape index (κ3) is 3.55. The normalized spacial score (nSPS) is 11.0. The smallest absolute Gasteiger partial charge is 0.337 e. The van der Waals surface area contributed by atoms with Gasteiger partial charge in [0, 0.05) is 0 Å². The van der Waals surface area contributed by atoms with Crippen LogP contribution >= 0.6 is 11.6 Å². The first-order chi connectivity index (χ1) is 10.3. The first-order valence-corrected chi connectivity index (χ1v) is 7.86. The fourth-order valence-electron chi connectivity index (χ4n) is 1.66. The van der Waals surface area contributed by atoms with Crippen LogP contribution in [0.4, 0.5) is 10.1 Å². The Kier molecular flexibility index (Phi) is 4.68. The molecular formula is C14H11ClFNO4S. The molecule has 0 spiro atoms. The van der Waals surface area contributed by atoms with Crippen molar-refractivity contribution in [3.63, 3.8) is 0 Å². The molecule has 22 heavy (non-hydrogen) atoms. The van der Waals surface area contributed by atoms with Crippen molar-refractivity contribution in [2.75, 3.05) is 11.8 Å². The van der Waals surface area contributed by atoms with E-state index in [0.717, 1.165) is 12.1 Å². The Morgan fingerprint density at radius 3 is 2.36 bits per heavy atom. The molecule has 0 saturated heterocycles. The predicted octanol–water partition coefficient (Wildman–Crippen LogP) is 3.07. The summed E-state index contributed by atoms with van der Waals surface area (Å²) in [5.74, 6) is -1.14. The number of methoxy groups -OCH3 is 1. The van der Waals surface area contributed by atoms with Gasteiger partial charge in [-0.3, -0.25) is 4.72 Å². The Labute approximate surface area is 131 Å². The Morgan fingerprint density at radius 1 is 1.18 bits per heavy atom. The summed E-state index contributed by atoms with van der Waals surface area (Å²) in [7, 11) is -2.68. The summed E-state index contributed by atoms with van der Waals surface area (Å²) in [4.78, 5) is 11.2. The Balaban J connectivity index is 2.28. The highest BCUT2D eigenvalue weighted by molar-refractivity contribution is 7.92. The minimum absolute atomic E-state index is 0.0557. The molecule has 1 N–H and O–H groups in total. The quantitative estimate of drug-likeness (QED) is 0.866. The second-order valence-corrected chi connectivity index (χ2v) is 6.34. The number of benzene rings is 2. The zero-order valence-electron chi connectivity index (χ0n) is 11.3. The lowest BCUT2D eigenvalue weighted by atomic mass is 10.2. The number of anilines is 1. The highest BCUT2D eigenvalue weighted by atomic mass is 35.5. The van der Waals surface area contributed by atoms with Gasteiger partial charge in [-0.1, -0.05) is 11.6 Å². The Hall–Kier alpha value is -2.12. The number of ether oxygens (including phenoxy) is 1. The number of sulfonamides is 1. The second-order valence-electron chi connectivity index (χ2n) is 4.25. The Morgan fingerprint density at radius 2 is 1.82 bits per heavy atom. The monoisotopic (exact) mass is 343 g/mol. The molecule has 0 unspecified atom stereocenters. The van der Waals surface area contributed by atoms with Gasteiger partial charge in [0.1, 0.15) is 5.82 Å². The summed E-state index contributed by atoms with van der Waals surface area (Å²) in [5.41, 5.74) is 0.279. The van der Waals surface area contributed by atoms with E-state index in [2.05, 4.69) is 9.46 Å². The van der Waals surface area contributed by atoms with Crippen LogP contribution in [0, 0.1) is 5.82 Å². The van der Waals surface area contributed by atoms with E-state index in [-0.39, 0.29) is 21.2 Å². The highest BCUT2D eigenvalue weighted by Gasteiger charge is 2.17. The number of rotatable bonds is 4. The van der Waals surface area contributed by atoms with Gasteiger partial charge in [-0.25, -0.2) is 17.6 Å². The third-order valence-corrected chi connectivity index (χ3v) is 4.46. The summed E-state index contributed by atoms with van der Waals surface area (Å²) < 4.78 is 44.1. The van der Waals surface area contributed by atoms with Crippen molar-refractivity contribution in [2.45, 2.75) is 4.90 Å². The zero-order valence-corrected chi connectivity index (χ0v) is 12.9. The Bertz CT molecular complexity index is 806. The second kappa shape index (κ2) is 6.33. The number of carbonyl (C=O) groups excluding carboxylic acids is 1. The van der Waals surface area contributed by atoms with Crippen molar-refractivity contribution in [3.05, 3.63) is 58.9 Å². The molecular weight excluding hydrogens is 333 g/mol. The molecule has 2 aromatic rings. The molecule has 8 heteroatoms. The lowest BCUT2D eigenvalue weighted by molar-refractivity contribution is 0.0600. The van der Waals surface area contributed by atoms with Crippen molar-refractivity contribution in [1.82, 2.24) is 0 Å². The molecule has 0 atom stereocenters. The van der Waals surface area contributed by atoms with Gasteiger partial charge in [0.15, 0.2) is 0 Å². The lowest BCUT2D eigenvalue weighted by Gasteiger charge is -2.10. The van der Waals surface area contributed by atoms with Crippen molar-refractivity contribution >= 4 is 33.3 Å². The van der Waals surface area contributed by atoms with Crippen LogP contribution < -0.4 is 4.72 Å². The van der Waals surface area contributed by atoms with E-state index in [1.807, 2.05) is 0 Å². The maximum Gasteiger partial charge on any atom is 0.337 e. The maximum absolute atomic E-state index is 13.0. The molecule has 0 bridgehead atoms. The van der Waals surface area contributed by atoms with E-state index >= 15 is 0 Å². The van der Waals surface area contributed by atoms with Crippen LogP contribution in [-0.2, 0) is 14.8 Å². The van der Waals surface area contributed by atoms with Crippen LogP contribution in [0.3, 0.4) is 0 Å². The number of nitrogens with one attached hydrogen (secondary N) is 1. The topological polar surface area (TPSA) is 72.5 Å². The number of hydrogen-bond donors (Lipinski definition) is 1. The van der Waals surface area contributed by atoms with Gasteiger partial charge in [-0.05, 0) is 42.5 Å². The number of carbonyl (C=O) groups is 1. The first kappa shape index (κ1) is 16.3. The first-order valence-electron chi connectivity index (χ1n) is 6.00. The molecule has 0 fully saturated rings. The zero-order chi connectivity index (χ0) is 16.3. The van der Waals surface area contributed by atoms with E-state index in [1.54, 1.807) is 0 Å². The van der Waals surface area contributed by atoms with Crippen LogP contribution in [-0.4, -0.2) is 21.5 Å². The van der Waals surface area contributed by atoms with Gasteiger partial charge < -0.3 is 4.74 Å². The van der Waals surface area contributed by atoms with E-state index in [0.29, 0.717) is 0 Å². The summed E-state index contributed by atoms with van der Waals surface area (Å²) in [5, 5.41) is -0.0604. The fourth-order valence-corrected chi connectivity index (χ4v) is 3.01. The molecule has 5 nitrogen and oxygen atoms in total. The molecule has 0 radical (unpaired) electrons. The minimum Gasteiger partial charge on any atom is -0.465 e. The summed E-state index contributed by atoms with van der Waals surface area (Å²) >= 11 is 5.78. The summed E-state index contributed by atoms with van der Waals surface area (Å²) in [6, 6.07) is 8.47. The molecule has 116 valence electrons. The van der Waals surface area contributed by atoms with Crippen LogP contribution in [0.2, 0.25) is 5.02 Å². The van der Waals surface area contributed by atoms with E-state index in [4.69, 9.17) is 11.6 Å².